The Morgan fingerprint density at radius 2 is 1.66 bits per heavy atom. The average Bonchev–Trinajstić information content (AvgIpc) is 3.57. The average molecular weight is 730 g/mol. The molecule has 14 heteroatoms. The lowest BCUT2D eigenvalue weighted by Crippen LogP contribution is -2.32. The van der Waals surface area contributed by atoms with Gasteiger partial charge >= 0.3 is 13.4 Å². The summed E-state index contributed by atoms with van der Waals surface area (Å²) in [5.41, 5.74) is 4.47. The zero-order valence-electron chi connectivity index (χ0n) is 28.5. The zero-order chi connectivity index (χ0) is 35.9. The largest absolute Gasteiger partial charge is 0.458 e. The van der Waals surface area contributed by atoms with Crippen molar-refractivity contribution in [3.05, 3.63) is 114 Å². The smallest absolute Gasteiger partial charge is 0.413 e. The Balaban J connectivity index is 1.32. The second-order valence-electron chi connectivity index (χ2n) is 11.1. The van der Waals surface area contributed by atoms with Crippen LogP contribution in [0.4, 0.5) is 10.2 Å². The number of carbonyl (C=O) groups is 1. The highest BCUT2D eigenvalue weighted by Gasteiger charge is 2.33. The normalized spacial score (nSPS) is 17.9. The number of nitrogens with zero attached hydrogens (tertiary/aromatic N) is 2. The number of amides is 1. The second kappa shape index (κ2) is 23.6. The van der Waals surface area contributed by atoms with Gasteiger partial charge in [-0.1, -0.05) is 67.7 Å². The summed E-state index contributed by atoms with van der Waals surface area (Å²) < 4.78 is 45.6. The molecule has 4 N–H and O–H groups in total. The summed E-state index contributed by atoms with van der Waals surface area (Å²) in [5.74, 6) is 0.0873. The number of allylic oxidation sites excluding steroid dienone is 10. The van der Waals surface area contributed by atoms with Crippen molar-refractivity contribution >= 4 is 31.2 Å². The number of anilines is 1. The van der Waals surface area contributed by atoms with E-state index in [4.69, 9.17) is 19.5 Å². The Morgan fingerprint density at radius 1 is 1.02 bits per heavy atom. The van der Waals surface area contributed by atoms with Gasteiger partial charge in [0.25, 0.3) is 0 Å². The van der Waals surface area contributed by atoms with Gasteiger partial charge in [0, 0.05) is 31.5 Å². The molecule has 1 fully saturated rings. The van der Waals surface area contributed by atoms with Crippen LogP contribution in [-0.2, 0) is 18.6 Å². The molecule has 1 unspecified atom stereocenters. The summed E-state index contributed by atoms with van der Waals surface area (Å²) in [6, 6.07) is 6.53. The maximum Gasteiger partial charge on any atom is 0.458 e. The van der Waals surface area contributed by atoms with Crippen LogP contribution in [0.3, 0.4) is 0 Å². The zero-order valence-corrected chi connectivity index (χ0v) is 30.2. The molecule has 3 rings (SSSR count). The molecule has 272 valence electrons. The summed E-state index contributed by atoms with van der Waals surface area (Å²) in [7, 11) is -3.97. The number of unbranched alkanes of at least 4 members (excludes halogenated alkanes) is 1. The number of aromatic nitrogens is 2. The number of nitrogens with two attached hydrogens (primary N) is 1. The molecule has 0 aliphatic carbocycles. The van der Waals surface area contributed by atoms with E-state index in [1.165, 1.54) is 52.9 Å². The number of halogens is 1. The van der Waals surface area contributed by atoms with E-state index in [9.17, 15) is 18.5 Å². The molecule has 0 saturated carbocycles. The van der Waals surface area contributed by atoms with Gasteiger partial charge in [-0.05, 0) is 75.3 Å². The number of hydrogen-bond donors (Lipinski definition) is 3. The first kappa shape index (κ1) is 40.7. The van der Waals surface area contributed by atoms with Crippen LogP contribution in [0, 0.1) is 5.82 Å². The quantitative estimate of drug-likeness (QED) is 0.0601. The predicted octanol–water partition coefficient (Wildman–Crippen LogP) is 7.38. The molecule has 1 aromatic carbocycles. The maximum atomic E-state index is 13.6. The van der Waals surface area contributed by atoms with Crippen LogP contribution in [-0.4, -0.2) is 46.3 Å². The van der Waals surface area contributed by atoms with Crippen molar-refractivity contribution in [2.45, 2.75) is 70.0 Å². The minimum Gasteiger partial charge on any atom is -0.413 e. The van der Waals surface area contributed by atoms with Crippen LogP contribution in [0.2, 0.25) is 0 Å². The Hall–Kier alpha value is -3.74. The minimum atomic E-state index is -3.97. The molecule has 2 aromatic rings. The number of nitrogen functional groups attached to an aromatic ring is 1. The van der Waals surface area contributed by atoms with Gasteiger partial charge in [-0.15, -0.1) is 11.8 Å². The molecule has 1 aromatic heterocycles. The topological polar surface area (TPSA) is 147 Å². The van der Waals surface area contributed by atoms with Crippen molar-refractivity contribution in [1.82, 2.24) is 20.0 Å². The number of carbonyl (C=O) groups excluding carboxylic acids is 1. The summed E-state index contributed by atoms with van der Waals surface area (Å²) in [6.45, 7) is 2.28. The molecule has 3 atom stereocenters. The number of nitrogens with one attached hydrogen (secondary N) is 2. The molecule has 1 aliphatic heterocycles. The van der Waals surface area contributed by atoms with Gasteiger partial charge < -0.3 is 20.3 Å². The van der Waals surface area contributed by atoms with E-state index in [2.05, 4.69) is 83.1 Å². The summed E-state index contributed by atoms with van der Waals surface area (Å²) in [6.07, 6.45) is 29.0. The summed E-state index contributed by atoms with van der Waals surface area (Å²) in [5, 5.41) is 5.56. The van der Waals surface area contributed by atoms with E-state index in [-0.39, 0.29) is 37.2 Å². The second-order valence-corrected chi connectivity index (χ2v) is 14.0. The third-order valence-corrected chi connectivity index (χ3v) is 9.65. The van der Waals surface area contributed by atoms with Crippen LogP contribution in [0.5, 0.6) is 5.75 Å². The molecular weight excluding hydrogens is 680 g/mol. The minimum absolute atomic E-state index is 0.0901. The highest BCUT2D eigenvalue weighted by atomic mass is 32.2. The van der Waals surface area contributed by atoms with Crippen LogP contribution in [0.15, 0.2) is 102 Å². The van der Waals surface area contributed by atoms with Crippen molar-refractivity contribution in [2.75, 3.05) is 31.2 Å². The van der Waals surface area contributed by atoms with Crippen molar-refractivity contribution in [3.63, 3.8) is 0 Å². The van der Waals surface area contributed by atoms with Crippen LogP contribution in [0.1, 0.15) is 64.5 Å². The molecule has 1 saturated heterocycles. The third kappa shape index (κ3) is 16.8. The Morgan fingerprint density at radius 3 is 2.30 bits per heavy atom. The molecule has 1 amide bonds. The monoisotopic (exact) mass is 729 g/mol. The molecule has 50 heavy (non-hydrogen) atoms. The molecule has 0 bridgehead atoms. The molecule has 0 spiro atoms. The highest BCUT2D eigenvalue weighted by Crippen LogP contribution is 2.45. The summed E-state index contributed by atoms with van der Waals surface area (Å²) >= 11 is 1.37. The van der Waals surface area contributed by atoms with E-state index < -0.39 is 30.9 Å². The maximum absolute atomic E-state index is 13.6. The van der Waals surface area contributed by atoms with Crippen molar-refractivity contribution in [2.24, 2.45) is 0 Å². The van der Waals surface area contributed by atoms with E-state index in [1.807, 2.05) is 0 Å². The van der Waals surface area contributed by atoms with Crippen molar-refractivity contribution < 1.29 is 27.5 Å². The first-order valence-electron chi connectivity index (χ1n) is 16.9. The molecular formula is C36H49FN5O6PS. The molecule has 2 heterocycles. The fourth-order valence-electron chi connectivity index (χ4n) is 4.45. The van der Waals surface area contributed by atoms with Crippen LogP contribution < -0.4 is 26.4 Å². The number of thioether (sulfide) groups is 1. The first-order valence-corrected chi connectivity index (χ1v) is 19.5. The Kier molecular flexibility index (Phi) is 19.2. The number of ether oxygens (including phenoxy) is 1. The first-order chi connectivity index (χ1) is 24.3. The van der Waals surface area contributed by atoms with Gasteiger partial charge in [0.2, 0.25) is 5.91 Å². The number of benzene rings is 1. The van der Waals surface area contributed by atoms with Gasteiger partial charge in [0.1, 0.15) is 29.0 Å². The van der Waals surface area contributed by atoms with Gasteiger partial charge in [0.05, 0.1) is 6.61 Å². The lowest BCUT2D eigenvalue weighted by atomic mass is 10.2. The predicted molar refractivity (Wildman–Crippen MR) is 199 cm³/mol. The third-order valence-electron chi connectivity index (χ3n) is 7.00. The highest BCUT2D eigenvalue weighted by molar-refractivity contribution is 8.00. The number of rotatable bonds is 23. The Labute approximate surface area is 298 Å². The molecule has 11 nitrogen and oxygen atoms in total. The summed E-state index contributed by atoms with van der Waals surface area (Å²) in [4.78, 5) is 28.2. The Bertz CT molecular complexity index is 1560. The lowest BCUT2D eigenvalue weighted by Gasteiger charge is -2.22. The molecule has 1 aliphatic rings. The lowest BCUT2D eigenvalue weighted by molar-refractivity contribution is -0.121. The van der Waals surface area contributed by atoms with E-state index >= 15 is 0 Å². The number of hydrogen-bond acceptors (Lipinski definition) is 9. The van der Waals surface area contributed by atoms with Crippen molar-refractivity contribution in [3.8, 4) is 5.75 Å². The van der Waals surface area contributed by atoms with Gasteiger partial charge in [0.15, 0.2) is 0 Å². The van der Waals surface area contributed by atoms with Gasteiger partial charge in [-0.3, -0.25) is 13.9 Å². The van der Waals surface area contributed by atoms with E-state index in [0.717, 1.165) is 38.5 Å². The van der Waals surface area contributed by atoms with Gasteiger partial charge in [-0.2, -0.15) is 4.98 Å². The molecule has 0 radical (unpaired) electrons. The van der Waals surface area contributed by atoms with E-state index in [0.29, 0.717) is 18.6 Å². The SMILES string of the molecule is CC/C=C\C/C=C\C/C=C\C/C=C\C/C=C\CCCC(=O)NCCNP(=O)(OC[C@@H]1O[C@H](n2ccc(N)nc2=O)CS1)Oc1ccc(F)cc1. The van der Waals surface area contributed by atoms with Gasteiger partial charge in [-0.25, -0.2) is 18.8 Å². The fraction of sp³-hybridized carbons (Fsp3) is 0.417. The van der Waals surface area contributed by atoms with Crippen LogP contribution >= 0.6 is 19.5 Å². The fourth-order valence-corrected chi connectivity index (χ4v) is 6.87. The van der Waals surface area contributed by atoms with Crippen molar-refractivity contribution in [1.29, 1.82) is 0 Å². The van der Waals surface area contributed by atoms with E-state index in [1.54, 1.807) is 0 Å². The standard InChI is InChI=1S/C36H49FN5O6PS/c1-2-3-4-5-6-7-8-9-10-11-12-13-14-15-16-17-18-19-33(43)39-25-26-40-49(45,48-31-22-20-30(37)21-23-31)46-28-35-47-34(29-50-35)42-27-24-32(38)41-36(42)44/h3-4,6-7,9-10,12-13,15-16,20-24,27,34-35H,2,5,8,11,14,17-19,25-26,28-29H2,1H3,(H,39,43)(H,40,45)(H2,38,41,44)/b4-3-,7-6-,10-9-,13-12-,16-15-/t34-,35+,49?/m0/s1. The van der Waals surface area contributed by atoms with Crippen LogP contribution in [0.25, 0.3) is 0 Å².